The molecule has 2 aromatic rings. The highest BCUT2D eigenvalue weighted by atomic mass is 19.1. The van der Waals surface area contributed by atoms with E-state index >= 15 is 0 Å². The zero-order chi connectivity index (χ0) is 17.8. The molecule has 3 rings (SSSR count). The van der Waals surface area contributed by atoms with Crippen LogP contribution in [-0.4, -0.2) is 66.1 Å². The Morgan fingerprint density at radius 1 is 1.12 bits per heavy atom. The highest BCUT2D eigenvalue weighted by molar-refractivity contribution is 5.74. The van der Waals surface area contributed by atoms with E-state index in [2.05, 4.69) is 9.97 Å². The topological polar surface area (TPSA) is 61.8 Å². The van der Waals surface area contributed by atoms with Crippen LogP contribution in [0.15, 0.2) is 36.5 Å². The first-order valence-electron chi connectivity index (χ1n) is 8.00. The lowest BCUT2D eigenvalue weighted by molar-refractivity contribution is 0.167. The summed E-state index contributed by atoms with van der Waals surface area (Å²) in [5, 5.41) is 0. The predicted molar refractivity (Wildman–Crippen MR) is 91.4 cm³/mol. The lowest BCUT2D eigenvalue weighted by atomic mass is 10.3. The molecule has 0 N–H and O–H groups in total. The summed E-state index contributed by atoms with van der Waals surface area (Å²) in [6.45, 7) is 2.53. The van der Waals surface area contributed by atoms with Crippen LogP contribution in [0.5, 0.6) is 11.6 Å². The number of urea groups is 1. The molecule has 0 aliphatic carbocycles. The lowest BCUT2D eigenvalue weighted by Gasteiger charge is -2.35. The highest BCUT2D eigenvalue weighted by Gasteiger charge is 2.23. The van der Waals surface area contributed by atoms with Crippen LogP contribution in [0.2, 0.25) is 0 Å². The molecule has 0 spiro atoms. The van der Waals surface area contributed by atoms with Gasteiger partial charge in [-0.1, -0.05) is 0 Å². The summed E-state index contributed by atoms with van der Waals surface area (Å²) in [6.07, 6.45) is 1.62. The van der Waals surface area contributed by atoms with Gasteiger partial charge in [0, 0.05) is 52.5 Å². The molecule has 0 bridgehead atoms. The number of nitrogens with zero attached hydrogens (tertiary/aromatic N) is 5. The van der Waals surface area contributed by atoms with Gasteiger partial charge in [-0.2, -0.15) is 4.98 Å². The number of halogens is 1. The number of anilines is 1. The van der Waals surface area contributed by atoms with Crippen LogP contribution in [0, 0.1) is 5.82 Å². The Morgan fingerprint density at radius 2 is 1.80 bits per heavy atom. The number of carbonyl (C=O) groups excluding carboxylic acids is 1. The zero-order valence-corrected chi connectivity index (χ0v) is 14.2. The van der Waals surface area contributed by atoms with Crippen LogP contribution in [0.25, 0.3) is 0 Å². The molecule has 1 aliphatic rings. The van der Waals surface area contributed by atoms with Gasteiger partial charge in [-0.15, -0.1) is 0 Å². The molecule has 2 amide bonds. The summed E-state index contributed by atoms with van der Waals surface area (Å²) >= 11 is 0. The fourth-order valence-electron chi connectivity index (χ4n) is 2.55. The Balaban J connectivity index is 1.64. The second-order valence-electron chi connectivity index (χ2n) is 5.90. The maximum Gasteiger partial charge on any atom is 0.319 e. The first-order valence-corrected chi connectivity index (χ1v) is 8.00. The van der Waals surface area contributed by atoms with Gasteiger partial charge in [0.05, 0.1) is 0 Å². The van der Waals surface area contributed by atoms with E-state index in [4.69, 9.17) is 4.74 Å². The molecule has 7 nitrogen and oxygen atoms in total. The summed E-state index contributed by atoms with van der Waals surface area (Å²) < 4.78 is 18.6. The lowest BCUT2D eigenvalue weighted by Crippen LogP contribution is -2.51. The normalized spacial score (nSPS) is 14.4. The number of amides is 2. The minimum absolute atomic E-state index is 0.00830. The smallest absolute Gasteiger partial charge is 0.319 e. The standard InChI is InChI=1S/C17H20FN5O2/c1-21(2)17(24)23-11-9-22(10-12-23)16-19-8-7-15(20-16)25-14-5-3-13(18)4-6-14/h3-8H,9-12H2,1-2H3. The van der Waals surface area contributed by atoms with Crippen molar-refractivity contribution >= 4 is 12.0 Å². The molecule has 1 saturated heterocycles. The number of rotatable bonds is 3. The molecule has 1 aliphatic heterocycles. The molecule has 0 saturated carbocycles. The van der Waals surface area contributed by atoms with E-state index in [0.29, 0.717) is 43.8 Å². The number of hydrogen-bond acceptors (Lipinski definition) is 5. The molecular weight excluding hydrogens is 325 g/mol. The molecule has 0 unspecified atom stereocenters. The van der Waals surface area contributed by atoms with Crippen molar-refractivity contribution in [3.05, 3.63) is 42.3 Å². The largest absolute Gasteiger partial charge is 0.439 e. The summed E-state index contributed by atoms with van der Waals surface area (Å²) in [6, 6.07) is 7.41. The fraction of sp³-hybridized carbons (Fsp3) is 0.353. The van der Waals surface area contributed by atoms with Crippen molar-refractivity contribution in [1.29, 1.82) is 0 Å². The van der Waals surface area contributed by atoms with E-state index in [1.165, 1.54) is 12.1 Å². The number of benzene rings is 1. The van der Waals surface area contributed by atoms with E-state index in [0.717, 1.165) is 0 Å². The van der Waals surface area contributed by atoms with Crippen molar-refractivity contribution in [1.82, 2.24) is 19.8 Å². The van der Waals surface area contributed by atoms with Gasteiger partial charge in [-0.25, -0.2) is 14.2 Å². The third-order valence-electron chi connectivity index (χ3n) is 3.87. The second kappa shape index (κ2) is 7.33. The monoisotopic (exact) mass is 345 g/mol. The Bertz CT molecular complexity index is 730. The van der Waals surface area contributed by atoms with Crippen molar-refractivity contribution in [3.8, 4) is 11.6 Å². The van der Waals surface area contributed by atoms with Gasteiger partial charge in [0.1, 0.15) is 11.6 Å². The van der Waals surface area contributed by atoms with E-state index in [9.17, 15) is 9.18 Å². The molecule has 132 valence electrons. The highest BCUT2D eigenvalue weighted by Crippen LogP contribution is 2.21. The van der Waals surface area contributed by atoms with E-state index < -0.39 is 0 Å². The summed E-state index contributed by atoms with van der Waals surface area (Å²) in [4.78, 5) is 26.1. The zero-order valence-electron chi connectivity index (χ0n) is 14.2. The van der Waals surface area contributed by atoms with E-state index in [1.54, 1.807) is 48.3 Å². The van der Waals surface area contributed by atoms with Crippen molar-refractivity contribution in [2.45, 2.75) is 0 Å². The average molecular weight is 345 g/mol. The van der Waals surface area contributed by atoms with Crippen LogP contribution >= 0.6 is 0 Å². The first kappa shape index (κ1) is 16.9. The van der Waals surface area contributed by atoms with Gasteiger partial charge in [0.25, 0.3) is 0 Å². The third-order valence-corrected chi connectivity index (χ3v) is 3.87. The van der Waals surface area contributed by atoms with Crippen LogP contribution in [-0.2, 0) is 0 Å². The van der Waals surface area contributed by atoms with Crippen molar-refractivity contribution < 1.29 is 13.9 Å². The van der Waals surface area contributed by atoms with Gasteiger partial charge in [0.15, 0.2) is 0 Å². The molecule has 1 aromatic carbocycles. The maximum absolute atomic E-state index is 13.0. The van der Waals surface area contributed by atoms with Crippen LogP contribution in [0.3, 0.4) is 0 Å². The Kier molecular flexibility index (Phi) is 4.97. The molecule has 0 radical (unpaired) electrons. The quantitative estimate of drug-likeness (QED) is 0.854. The summed E-state index contributed by atoms with van der Waals surface area (Å²) in [7, 11) is 3.49. The van der Waals surface area contributed by atoms with Crippen molar-refractivity contribution in [2.75, 3.05) is 45.2 Å². The Hall–Kier alpha value is -2.90. The van der Waals surface area contributed by atoms with Crippen molar-refractivity contribution in [2.24, 2.45) is 0 Å². The molecule has 1 aromatic heterocycles. The summed E-state index contributed by atoms with van der Waals surface area (Å²) in [5.74, 6) is 1.13. The number of hydrogen-bond donors (Lipinski definition) is 0. The van der Waals surface area contributed by atoms with Gasteiger partial charge < -0.3 is 19.4 Å². The minimum Gasteiger partial charge on any atom is -0.439 e. The Morgan fingerprint density at radius 3 is 2.44 bits per heavy atom. The van der Waals surface area contributed by atoms with Gasteiger partial charge in [-0.05, 0) is 24.3 Å². The molecule has 8 heteroatoms. The van der Waals surface area contributed by atoms with E-state index in [-0.39, 0.29) is 11.8 Å². The fourth-order valence-corrected chi connectivity index (χ4v) is 2.55. The molecular formula is C17H20FN5O2. The van der Waals surface area contributed by atoms with Gasteiger partial charge >= 0.3 is 6.03 Å². The third kappa shape index (κ3) is 4.14. The summed E-state index contributed by atoms with van der Waals surface area (Å²) in [5.41, 5.74) is 0. The number of aromatic nitrogens is 2. The van der Waals surface area contributed by atoms with Crippen molar-refractivity contribution in [3.63, 3.8) is 0 Å². The second-order valence-corrected chi connectivity index (χ2v) is 5.90. The maximum atomic E-state index is 13.0. The molecule has 2 heterocycles. The average Bonchev–Trinajstić information content (AvgIpc) is 2.63. The molecule has 25 heavy (non-hydrogen) atoms. The van der Waals surface area contributed by atoms with Gasteiger partial charge in [-0.3, -0.25) is 0 Å². The molecule has 1 fully saturated rings. The predicted octanol–water partition coefficient (Wildman–Crippen LogP) is 2.21. The number of ether oxygens (including phenoxy) is 1. The number of piperazine rings is 1. The first-order chi connectivity index (χ1) is 12.0. The van der Waals surface area contributed by atoms with Crippen LogP contribution in [0.1, 0.15) is 0 Å². The van der Waals surface area contributed by atoms with Crippen LogP contribution < -0.4 is 9.64 Å². The SMILES string of the molecule is CN(C)C(=O)N1CCN(c2nccc(Oc3ccc(F)cc3)n2)CC1. The Labute approximate surface area is 145 Å². The van der Waals surface area contributed by atoms with Crippen LogP contribution in [0.4, 0.5) is 15.1 Å². The molecule has 0 atom stereocenters. The van der Waals surface area contributed by atoms with Gasteiger partial charge in [0.2, 0.25) is 11.8 Å². The van der Waals surface area contributed by atoms with E-state index in [1.807, 2.05) is 4.90 Å². The minimum atomic E-state index is -0.319. The number of carbonyl (C=O) groups is 1.